The van der Waals surface area contributed by atoms with Gasteiger partial charge in [-0.2, -0.15) is 0 Å². The molecule has 0 spiro atoms. The zero-order valence-corrected chi connectivity index (χ0v) is 12.0. The van der Waals surface area contributed by atoms with Gasteiger partial charge in [-0.1, -0.05) is 13.8 Å². The normalized spacial score (nSPS) is 12.4. The molecular weight excluding hydrogens is 258 g/mol. The summed E-state index contributed by atoms with van der Waals surface area (Å²) in [6.45, 7) is 5.57. The molecule has 0 saturated heterocycles. The zero-order chi connectivity index (χ0) is 14.2. The first-order valence-corrected chi connectivity index (χ1v) is 7.73. The molecule has 0 amide bonds. The number of hydrogen-bond acceptors (Lipinski definition) is 5. The van der Waals surface area contributed by atoms with Gasteiger partial charge in [-0.25, -0.2) is 13.1 Å². The third-order valence-electron chi connectivity index (χ3n) is 3.12. The monoisotopic (exact) mass is 281 g/mol. The maximum Gasteiger partial charge on any atom is 0.322 e. The van der Waals surface area contributed by atoms with Gasteiger partial charge in [0.1, 0.15) is 0 Å². The summed E-state index contributed by atoms with van der Waals surface area (Å²) in [5.74, 6) is -1.46. The molecule has 0 aliphatic heterocycles. The van der Waals surface area contributed by atoms with E-state index in [-0.39, 0.29) is 19.8 Å². The van der Waals surface area contributed by atoms with Crippen LogP contribution in [0.25, 0.3) is 0 Å². The number of esters is 1. The Labute approximate surface area is 109 Å². The van der Waals surface area contributed by atoms with E-state index in [0.717, 1.165) is 0 Å². The summed E-state index contributed by atoms with van der Waals surface area (Å²) >= 11 is 0. The smallest absolute Gasteiger partial charge is 0.322 e. The van der Waals surface area contributed by atoms with Crippen LogP contribution in [0.4, 0.5) is 0 Å². The molecule has 0 atom stereocenters. The van der Waals surface area contributed by atoms with Crippen LogP contribution in [-0.2, 0) is 19.6 Å². The van der Waals surface area contributed by atoms with Gasteiger partial charge in [-0.3, -0.25) is 4.79 Å². The Bertz CT molecular complexity index is 340. The molecule has 6 nitrogen and oxygen atoms in total. The van der Waals surface area contributed by atoms with Crippen LogP contribution >= 0.6 is 0 Å². The van der Waals surface area contributed by atoms with E-state index in [1.54, 1.807) is 6.92 Å². The highest BCUT2D eigenvalue weighted by atomic mass is 32.2. The summed E-state index contributed by atoms with van der Waals surface area (Å²) in [6, 6.07) is 0. The van der Waals surface area contributed by atoms with Gasteiger partial charge in [0, 0.05) is 18.6 Å². The summed E-state index contributed by atoms with van der Waals surface area (Å²) < 4.78 is 30.2. The predicted octanol–water partition coefficient (Wildman–Crippen LogP) is 0.268. The first-order chi connectivity index (χ1) is 8.34. The molecule has 0 heterocycles. The molecule has 0 fully saturated rings. The van der Waals surface area contributed by atoms with Crippen molar-refractivity contribution in [3.8, 4) is 0 Å². The van der Waals surface area contributed by atoms with Gasteiger partial charge in [0.2, 0.25) is 10.0 Å². The van der Waals surface area contributed by atoms with Gasteiger partial charge in [0.15, 0.2) is 5.75 Å². The van der Waals surface area contributed by atoms with Crippen molar-refractivity contribution >= 4 is 16.0 Å². The molecule has 0 saturated carbocycles. The van der Waals surface area contributed by atoms with Crippen molar-refractivity contribution in [3.63, 3.8) is 0 Å². The fourth-order valence-corrected chi connectivity index (χ4v) is 2.47. The van der Waals surface area contributed by atoms with E-state index in [4.69, 9.17) is 0 Å². The first-order valence-electron chi connectivity index (χ1n) is 6.08. The van der Waals surface area contributed by atoms with Gasteiger partial charge in [-0.05, 0) is 19.8 Å². The number of ether oxygens (including phenoxy) is 1. The Morgan fingerprint density at radius 3 is 2.22 bits per heavy atom. The van der Waals surface area contributed by atoms with Crippen molar-refractivity contribution in [2.75, 3.05) is 25.5 Å². The molecule has 2 N–H and O–H groups in total. The largest absolute Gasteiger partial charge is 0.465 e. The van der Waals surface area contributed by atoms with E-state index in [2.05, 4.69) is 9.46 Å². The standard InChI is InChI=1S/C11H23NO5S/c1-4-11(5-2,9-13)8-12-18(15,16)7-10(14)17-6-3/h12-13H,4-9H2,1-3H3. The van der Waals surface area contributed by atoms with Gasteiger partial charge in [0.05, 0.1) is 6.61 Å². The maximum atomic E-state index is 11.6. The SMILES string of the molecule is CCOC(=O)CS(=O)(=O)NCC(CC)(CC)CO. The molecule has 0 bridgehead atoms. The van der Waals surface area contributed by atoms with Crippen molar-refractivity contribution in [1.82, 2.24) is 4.72 Å². The number of hydrogen-bond donors (Lipinski definition) is 2. The van der Waals surface area contributed by atoms with Crippen molar-refractivity contribution in [2.24, 2.45) is 5.41 Å². The number of nitrogens with one attached hydrogen (secondary N) is 1. The van der Waals surface area contributed by atoms with Gasteiger partial charge >= 0.3 is 5.97 Å². The van der Waals surface area contributed by atoms with Crippen molar-refractivity contribution in [1.29, 1.82) is 0 Å². The minimum Gasteiger partial charge on any atom is -0.465 e. The molecule has 0 aromatic heterocycles. The quantitative estimate of drug-likeness (QED) is 0.592. The Kier molecular flexibility index (Phi) is 7.42. The van der Waals surface area contributed by atoms with E-state index in [1.807, 2.05) is 13.8 Å². The van der Waals surface area contributed by atoms with Crippen molar-refractivity contribution in [2.45, 2.75) is 33.6 Å². The summed E-state index contributed by atoms with van der Waals surface area (Å²) in [5.41, 5.74) is -0.471. The fraction of sp³-hybridized carbons (Fsp3) is 0.909. The van der Waals surface area contributed by atoms with Crippen molar-refractivity contribution < 1.29 is 23.1 Å². The molecule has 0 aliphatic rings. The third-order valence-corrected chi connectivity index (χ3v) is 4.32. The van der Waals surface area contributed by atoms with Crippen LogP contribution < -0.4 is 4.72 Å². The highest BCUT2D eigenvalue weighted by Gasteiger charge is 2.28. The minimum atomic E-state index is -3.70. The average molecular weight is 281 g/mol. The number of sulfonamides is 1. The number of carbonyl (C=O) groups excluding carboxylic acids is 1. The van der Waals surface area contributed by atoms with Crippen LogP contribution in [0.1, 0.15) is 33.6 Å². The van der Waals surface area contributed by atoms with Crippen LogP contribution in [-0.4, -0.2) is 45.0 Å². The van der Waals surface area contributed by atoms with Crippen molar-refractivity contribution in [3.05, 3.63) is 0 Å². The van der Waals surface area contributed by atoms with Gasteiger partial charge in [-0.15, -0.1) is 0 Å². The summed E-state index contributed by atoms with van der Waals surface area (Å²) in [5, 5.41) is 9.31. The van der Waals surface area contributed by atoms with Crippen LogP contribution in [0.3, 0.4) is 0 Å². The molecule has 0 rings (SSSR count). The Morgan fingerprint density at radius 1 is 1.28 bits per heavy atom. The van der Waals surface area contributed by atoms with Gasteiger partial charge in [0.25, 0.3) is 0 Å². The lowest BCUT2D eigenvalue weighted by atomic mass is 9.84. The number of aliphatic hydroxyl groups excluding tert-OH is 1. The summed E-state index contributed by atoms with van der Waals surface area (Å²) in [7, 11) is -3.70. The summed E-state index contributed by atoms with van der Waals surface area (Å²) in [4.78, 5) is 11.1. The second kappa shape index (κ2) is 7.70. The lowest BCUT2D eigenvalue weighted by molar-refractivity contribution is -0.139. The van der Waals surface area contributed by atoms with E-state index in [9.17, 15) is 18.3 Å². The highest BCUT2D eigenvalue weighted by Crippen LogP contribution is 2.24. The molecule has 7 heteroatoms. The molecule has 0 unspecified atom stereocenters. The van der Waals surface area contributed by atoms with Crippen LogP contribution in [0.15, 0.2) is 0 Å². The number of aliphatic hydroxyl groups is 1. The molecule has 0 radical (unpaired) electrons. The zero-order valence-electron chi connectivity index (χ0n) is 11.2. The molecular formula is C11H23NO5S. The molecule has 18 heavy (non-hydrogen) atoms. The Balaban J connectivity index is 4.46. The number of rotatable bonds is 9. The summed E-state index contributed by atoms with van der Waals surface area (Å²) in [6.07, 6.45) is 1.31. The second-order valence-electron chi connectivity index (χ2n) is 4.25. The lowest BCUT2D eigenvalue weighted by Crippen LogP contribution is -2.41. The number of carbonyl (C=O) groups is 1. The topological polar surface area (TPSA) is 92.7 Å². The molecule has 108 valence electrons. The van der Waals surface area contributed by atoms with Crippen LogP contribution in [0.5, 0.6) is 0 Å². The van der Waals surface area contributed by atoms with Crippen LogP contribution in [0, 0.1) is 5.41 Å². The third kappa shape index (κ3) is 5.79. The second-order valence-corrected chi connectivity index (χ2v) is 6.06. The minimum absolute atomic E-state index is 0.0953. The van der Waals surface area contributed by atoms with E-state index in [1.165, 1.54) is 0 Å². The highest BCUT2D eigenvalue weighted by molar-refractivity contribution is 7.90. The Morgan fingerprint density at radius 2 is 1.83 bits per heavy atom. The molecule has 0 aliphatic carbocycles. The van der Waals surface area contributed by atoms with Gasteiger partial charge < -0.3 is 9.84 Å². The lowest BCUT2D eigenvalue weighted by Gasteiger charge is -2.29. The van der Waals surface area contributed by atoms with E-state index >= 15 is 0 Å². The maximum absolute atomic E-state index is 11.6. The van der Waals surface area contributed by atoms with E-state index in [0.29, 0.717) is 12.8 Å². The molecule has 0 aromatic carbocycles. The molecule has 0 aromatic rings. The fourth-order valence-electron chi connectivity index (χ4n) is 1.45. The Hall–Kier alpha value is -0.660. The predicted molar refractivity (Wildman–Crippen MR) is 68.5 cm³/mol. The van der Waals surface area contributed by atoms with E-state index < -0.39 is 27.2 Å². The van der Waals surface area contributed by atoms with Crippen LogP contribution in [0.2, 0.25) is 0 Å². The first kappa shape index (κ1) is 17.3. The average Bonchev–Trinajstić information content (AvgIpc) is 2.31.